The van der Waals surface area contributed by atoms with Crippen molar-refractivity contribution in [2.45, 2.75) is 5.22 Å². The third-order valence-corrected chi connectivity index (χ3v) is 5.27. The summed E-state index contributed by atoms with van der Waals surface area (Å²) in [6.45, 7) is 0. The Balaban J connectivity index is 1.57. The fourth-order valence-corrected chi connectivity index (χ4v) is 3.96. The van der Waals surface area contributed by atoms with Gasteiger partial charge in [-0.2, -0.15) is 8.42 Å². The lowest BCUT2D eigenvalue weighted by Gasteiger charge is -2.05. The summed E-state index contributed by atoms with van der Waals surface area (Å²) in [5.41, 5.74) is 0.196. The first-order chi connectivity index (χ1) is 12.0. The van der Waals surface area contributed by atoms with Crippen LogP contribution in [0.5, 0.6) is 5.75 Å². The van der Waals surface area contributed by atoms with Crippen molar-refractivity contribution in [3.05, 3.63) is 60.4 Å². The first-order valence-corrected chi connectivity index (χ1v) is 9.78. The first kappa shape index (κ1) is 17.4. The van der Waals surface area contributed by atoms with Crippen molar-refractivity contribution in [2.75, 3.05) is 11.5 Å². The molecule has 0 spiro atoms. The summed E-state index contributed by atoms with van der Waals surface area (Å²) < 4.78 is 47.8. The molecular formula is C16H13FN2O4S2. The minimum atomic E-state index is -3.73. The molecule has 0 N–H and O–H groups in total. The highest BCUT2D eigenvalue weighted by atomic mass is 32.2. The Kier molecular flexibility index (Phi) is 5.34. The molecule has 0 aliphatic heterocycles. The van der Waals surface area contributed by atoms with Crippen LogP contribution in [0.1, 0.15) is 0 Å². The van der Waals surface area contributed by atoms with Gasteiger partial charge in [-0.05, 0) is 24.3 Å². The van der Waals surface area contributed by atoms with E-state index in [-0.39, 0.29) is 33.9 Å². The smallest absolute Gasteiger partial charge is 0.310 e. The van der Waals surface area contributed by atoms with Crippen LogP contribution in [-0.4, -0.2) is 30.1 Å². The van der Waals surface area contributed by atoms with Crippen molar-refractivity contribution in [1.82, 2.24) is 10.2 Å². The fourth-order valence-electron chi connectivity index (χ4n) is 1.91. The standard InChI is InChI=1S/C16H13FN2O4S2/c17-14-9-5-4-8-13(14)15-18-19-16(22-15)24-10-11-25(20,21)23-12-6-2-1-3-7-12/h1-9H,10-11H2. The molecule has 0 saturated carbocycles. The van der Waals surface area contributed by atoms with Gasteiger partial charge in [0, 0.05) is 5.75 Å². The molecule has 1 heterocycles. The van der Waals surface area contributed by atoms with Gasteiger partial charge in [0.05, 0.1) is 11.3 Å². The van der Waals surface area contributed by atoms with Crippen LogP contribution in [0.15, 0.2) is 64.2 Å². The summed E-state index contributed by atoms with van der Waals surface area (Å²) in [5.74, 6) is -0.240. The maximum atomic E-state index is 13.7. The second kappa shape index (κ2) is 7.66. The van der Waals surface area contributed by atoms with Crippen LogP contribution < -0.4 is 4.18 Å². The number of hydrogen-bond acceptors (Lipinski definition) is 7. The van der Waals surface area contributed by atoms with Gasteiger partial charge in [-0.3, -0.25) is 0 Å². The molecule has 0 amide bonds. The average Bonchev–Trinajstić information content (AvgIpc) is 3.04. The second-order valence-corrected chi connectivity index (χ2v) is 7.60. The average molecular weight is 380 g/mol. The SMILES string of the molecule is O=S(=O)(CCSc1nnc(-c2ccccc2F)o1)Oc1ccccc1. The Labute approximate surface area is 148 Å². The van der Waals surface area contributed by atoms with E-state index in [0.717, 1.165) is 11.8 Å². The lowest BCUT2D eigenvalue weighted by atomic mass is 10.2. The molecule has 0 fully saturated rings. The van der Waals surface area contributed by atoms with Crippen molar-refractivity contribution in [3.63, 3.8) is 0 Å². The van der Waals surface area contributed by atoms with Crippen molar-refractivity contribution in [3.8, 4) is 17.2 Å². The number of rotatable bonds is 7. The molecule has 0 atom stereocenters. The number of nitrogens with zero attached hydrogens (tertiary/aromatic N) is 2. The van der Waals surface area contributed by atoms with E-state index >= 15 is 0 Å². The van der Waals surface area contributed by atoms with Crippen LogP contribution in [-0.2, 0) is 10.1 Å². The zero-order chi connectivity index (χ0) is 17.7. The van der Waals surface area contributed by atoms with Gasteiger partial charge < -0.3 is 8.60 Å². The predicted molar refractivity (Wildman–Crippen MR) is 91.3 cm³/mol. The predicted octanol–water partition coefficient (Wildman–Crippen LogP) is 3.38. The van der Waals surface area contributed by atoms with Crippen LogP contribution in [0.2, 0.25) is 0 Å². The molecular weight excluding hydrogens is 367 g/mol. The van der Waals surface area contributed by atoms with Crippen LogP contribution in [0.25, 0.3) is 11.5 Å². The Hall–Kier alpha value is -2.39. The zero-order valence-electron chi connectivity index (χ0n) is 12.8. The summed E-state index contributed by atoms with van der Waals surface area (Å²) in [4.78, 5) is 0. The minimum absolute atomic E-state index is 0.0454. The number of hydrogen-bond donors (Lipinski definition) is 0. The van der Waals surface area contributed by atoms with Crippen LogP contribution in [0.4, 0.5) is 4.39 Å². The molecule has 130 valence electrons. The van der Waals surface area contributed by atoms with Crippen molar-refractivity contribution >= 4 is 21.9 Å². The molecule has 1 aromatic heterocycles. The van der Waals surface area contributed by atoms with E-state index in [4.69, 9.17) is 8.60 Å². The number of aromatic nitrogens is 2. The van der Waals surface area contributed by atoms with Crippen LogP contribution in [0, 0.1) is 5.82 Å². The van der Waals surface area contributed by atoms with Gasteiger partial charge in [-0.25, -0.2) is 4.39 Å². The van der Waals surface area contributed by atoms with Gasteiger partial charge in [-0.15, -0.1) is 10.2 Å². The molecule has 25 heavy (non-hydrogen) atoms. The summed E-state index contributed by atoms with van der Waals surface area (Å²) >= 11 is 1.06. The van der Waals surface area contributed by atoms with E-state index < -0.39 is 15.9 Å². The summed E-state index contributed by atoms with van der Waals surface area (Å²) in [6, 6.07) is 14.3. The monoisotopic (exact) mass is 380 g/mol. The van der Waals surface area contributed by atoms with E-state index in [2.05, 4.69) is 10.2 Å². The molecule has 0 aliphatic rings. The van der Waals surface area contributed by atoms with Gasteiger partial charge in [-0.1, -0.05) is 42.1 Å². The van der Waals surface area contributed by atoms with Gasteiger partial charge in [0.2, 0.25) is 0 Å². The Morgan fingerprint density at radius 2 is 1.76 bits per heavy atom. The number of thioether (sulfide) groups is 1. The van der Waals surface area contributed by atoms with Crippen molar-refractivity contribution in [1.29, 1.82) is 0 Å². The van der Waals surface area contributed by atoms with Crippen molar-refractivity contribution < 1.29 is 21.4 Å². The van der Waals surface area contributed by atoms with E-state index in [1.54, 1.807) is 42.5 Å². The van der Waals surface area contributed by atoms with E-state index in [9.17, 15) is 12.8 Å². The van der Waals surface area contributed by atoms with Gasteiger partial charge >= 0.3 is 10.1 Å². The van der Waals surface area contributed by atoms with Crippen LogP contribution >= 0.6 is 11.8 Å². The van der Waals surface area contributed by atoms with E-state index in [0.29, 0.717) is 0 Å². The maximum Gasteiger partial charge on any atom is 0.310 e. The molecule has 0 saturated heterocycles. The molecule has 0 aliphatic carbocycles. The fraction of sp³-hybridized carbons (Fsp3) is 0.125. The Morgan fingerprint density at radius 3 is 2.52 bits per heavy atom. The highest BCUT2D eigenvalue weighted by Gasteiger charge is 2.16. The third kappa shape index (κ3) is 4.80. The lowest BCUT2D eigenvalue weighted by molar-refractivity contribution is 0.463. The summed E-state index contributed by atoms with van der Waals surface area (Å²) in [6.07, 6.45) is 0. The molecule has 0 bridgehead atoms. The molecule has 3 aromatic rings. The summed E-state index contributed by atoms with van der Waals surface area (Å²) in [7, 11) is -3.73. The van der Waals surface area contributed by atoms with Crippen LogP contribution in [0.3, 0.4) is 0 Å². The van der Waals surface area contributed by atoms with Gasteiger partial charge in [0.25, 0.3) is 11.1 Å². The molecule has 3 rings (SSSR count). The van der Waals surface area contributed by atoms with E-state index in [1.807, 2.05) is 0 Å². The number of benzene rings is 2. The second-order valence-electron chi connectivity index (χ2n) is 4.86. The summed E-state index contributed by atoms with van der Waals surface area (Å²) in [5, 5.41) is 7.71. The molecule has 9 heteroatoms. The molecule has 0 radical (unpaired) electrons. The molecule has 0 unspecified atom stereocenters. The first-order valence-electron chi connectivity index (χ1n) is 7.22. The highest BCUT2D eigenvalue weighted by Crippen LogP contribution is 2.25. The Bertz CT molecular complexity index is 946. The Morgan fingerprint density at radius 1 is 1.04 bits per heavy atom. The number of para-hydroxylation sites is 1. The van der Waals surface area contributed by atoms with E-state index in [1.165, 1.54) is 12.1 Å². The maximum absolute atomic E-state index is 13.7. The third-order valence-electron chi connectivity index (χ3n) is 3.04. The van der Waals surface area contributed by atoms with Crippen molar-refractivity contribution in [2.24, 2.45) is 0 Å². The quantitative estimate of drug-likeness (QED) is 0.459. The van der Waals surface area contributed by atoms with Gasteiger partial charge in [0.1, 0.15) is 11.6 Å². The van der Waals surface area contributed by atoms with Gasteiger partial charge in [0.15, 0.2) is 0 Å². The largest absolute Gasteiger partial charge is 0.411 e. The number of halogens is 1. The zero-order valence-corrected chi connectivity index (χ0v) is 14.5. The molecule has 6 nitrogen and oxygen atoms in total. The normalized spacial score (nSPS) is 11.4. The molecule has 2 aromatic carbocycles. The highest BCUT2D eigenvalue weighted by molar-refractivity contribution is 8.00. The topological polar surface area (TPSA) is 82.3 Å². The lowest BCUT2D eigenvalue weighted by Crippen LogP contribution is -2.15. The minimum Gasteiger partial charge on any atom is -0.411 e.